The molecule has 0 aliphatic heterocycles. The molecule has 0 aliphatic rings. The van der Waals surface area contributed by atoms with Crippen LogP contribution in [0.5, 0.6) is 0 Å². The van der Waals surface area contributed by atoms with Gasteiger partial charge in [0, 0.05) is 24.7 Å². The number of hydrogen-bond donors (Lipinski definition) is 1. The predicted octanol–water partition coefficient (Wildman–Crippen LogP) is 2.90. The molecular formula is C12H21NO. The van der Waals surface area contributed by atoms with E-state index in [0.29, 0.717) is 11.8 Å². The average molecular weight is 195 g/mol. The Bertz CT molecular complexity index is 224. The first-order valence-electron chi connectivity index (χ1n) is 4.89. The first-order valence-corrected chi connectivity index (χ1v) is 4.89. The Morgan fingerprint density at radius 1 is 1.43 bits per heavy atom. The third-order valence-corrected chi connectivity index (χ3v) is 2.18. The second-order valence-electron chi connectivity index (χ2n) is 3.63. The van der Waals surface area contributed by atoms with Crippen LogP contribution in [0.4, 0.5) is 0 Å². The Hall–Kier alpha value is -1.02. The van der Waals surface area contributed by atoms with Crippen LogP contribution in [0.1, 0.15) is 20.8 Å². The molecule has 0 rings (SSSR count). The van der Waals surface area contributed by atoms with Crippen LogP contribution in [-0.2, 0) is 0 Å². The van der Waals surface area contributed by atoms with Crippen LogP contribution in [0.15, 0.2) is 36.6 Å². The number of allylic oxidation sites excluding steroid dienone is 1. The second kappa shape index (κ2) is 6.44. The molecule has 0 radical (unpaired) electrons. The van der Waals surface area contributed by atoms with Gasteiger partial charge in [-0.05, 0) is 20.8 Å². The molecule has 14 heavy (non-hydrogen) atoms. The van der Waals surface area contributed by atoms with E-state index in [1.807, 2.05) is 6.08 Å². The van der Waals surface area contributed by atoms with Crippen molar-refractivity contribution in [3.05, 3.63) is 36.6 Å². The minimum Gasteiger partial charge on any atom is -0.512 e. The molecule has 0 unspecified atom stereocenters. The molecular weight excluding hydrogens is 174 g/mol. The molecule has 1 N–H and O–H groups in total. The fraction of sp³-hybridized carbons (Fsp3) is 0.500. The zero-order valence-corrected chi connectivity index (χ0v) is 9.45. The molecule has 0 bridgehead atoms. The number of hydrogen-bond acceptors (Lipinski definition) is 2. The molecule has 2 nitrogen and oxygen atoms in total. The highest BCUT2D eigenvalue weighted by molar-refractivity contribution is 5.20. The van der Waals surface area contributed by atoms with E-state index >= 15 is 0 Å². The average Bonchev–Trinajstić information content (AvgIpc) is 2.11. The van der Waals surface area contributed by atoms with Gasteiger partial charge in [0.15, 0.2) is 0 Å². The topological polar surface area (TPSA) is 23.5 Å². The van der Waals surface area contributed by atoms with Crippen molar-refractivity contribution >= 4 is 0 Å². The van der Waals surface area contributed by atoms with Gasteiger partial charge in [0.2, 0.25) is 0 Å². The molecule has 0 aromatic carbocycles. The van der Waals surface area contributed by atoms with E-state index in [2.05, 4.69) is 31.9 Å². The predicted molar refractivity (Wildman–Crippen MR) is 62.4 cm³/mol. The Morgan fingerprint density at radius 2 is 2.00 bits per heavy atom. The molecule has 0 saturated heterocycles. The number of aliphatic hydroxyl groups excluding tert-OH is 1. The summed E-state index contributed by atoms with van der Waals surface area (Å²) in [6.07, 6.45) is 3.57. The summed E-state index contributed by atoms with van der Waals surface area (Å²) in [7, 11) is 0. The van der Waals surface area contributed by atoms with E-state index in [4.69, 9.17) is 0 Å². The minimum absolute atomic E-state index is 0.342. The summed E-state index contributed by atoms with van der Waals surface area (Å²) in [6, 6.07) is 0.433. The Labute approximate surface area is 87.2 Å². The third kappa shape index (κ3) is 4.28. The Balaban J connectivity index is 4.49. The summed E-state index contributed by atoms with van der Waals surface area (Å²) in [5, 5.41) is 9.37. The van der Waals surface area contributed by atoms with Gasteiger partial charge >= 0.3 is 0 Å². The van der Waals surface area contributed by atoms with Crippen LogP contribution >= 0.6 is 0 Å². The van der Waals surface area contributed by atoms with Crippen LogP contribution < -0.4 is 0 Å². The van der Waals surface area contributed by atoms with Crippen LogP contribution in [0.3, 0.4) is 0 Å². The van der Waals surface area contributed by atoms with Crippen molar-refractivity contribution in [2.75, 3.05) is 13.1 Å². The summed E-state index contributed by atoms with van der Waals surface area (Å²) >= 11 is 0. The van der Waals surface area contributed by atoms with Gasteiger partial charge in [0.1, 0.15) is 0 Å². The normalized spacial score (nSPS) is 12.9. The van der Waals surface area contributed by atoms with Gasteiger partial charge in [-0.3, -0.25) is 4.90 Å². The highest BCUT2D eigenvalue weighted by Crippen LogP contribution is 2.08. The van der Waals surface area contributed by atoms with Gasteiger partial charge in [-0.25, -0.2) is 0 Å². The molecule has 2 heteroatoms. The second-order valence-corrected chi connectivity index (χ2v) is 3.63. The van der Waals surface area contributed by atoms with E-state index in [1.165, 1.54) is 0 Å². The lowest BCUT2D eigenvalue weighted by Crippen LogP contribution is -2.32. The quantitative estimate of drug-likeness (QED) is 0.400. The first kappa shape index (κ1) is 13.0. The van der Waals surface area contributed by atoms with E-state index < -0.39 is 0 Å². The molecule has 0 spiro atoms. The lowest BCUT2D eigenvalue weighted by molar-refractivity contribution is 0.264. The summed E-state index contributed by atoms with van der Waals surface area (Å²) in [5.74, 6) is 0.342. The van der Waals surface area contributed by atoms with E-state index in [0.717, 1.165) is 18.7 Å². The molecule has 0 heterocycles. The minimum atomic E-state index is 0.342. The number of nitrogens with zero attached hydrogens (tertiary/aromatic N) is 1. The Morgan fingerprint density at radius 3 is 2.29 bits per heavy atom. The van der Waals surface area contributed by atoms with Crippen molar-refractivity contribution in [1.29, 1.82) is 0 Å². The summed E-state index contributed by atoms with van der Waals surface area (Å²) < 4.78 is 0. The molecule has 80 valence electrons. The molecule has 0 aromatic heterocycles. The summed E-state index contributed by atoms with van der Waals surface area (Å²) in [4.78, 5) is 2.21. The largest absolute Gasteiger partial charge is 0.512 e. The molecule has 0 aliphatic carbocycles. The zero-order chi connectivity index (χ0) is 11.1. The fourth-order valence-electron chi connectivity index (χ4n) is 1.17. The third-order valence-electron chi connectivity index (χ3n) is 2.18. The summed E-state index contributed by atoms with van der Waals surface area (Å²) in [5.41, 5.74) is 0.876. The van der Waals surface area contributed by atoms with Crippen molar-refractivity contribution in [2.45, 2.75) is 26.8 Å². The maximum atomic E-state index is 9.37. The van der Waals surface area contributed by atoms with Crippen molar-refractivity contribution in [2.24, 2.45) is 0 Å². The van der Waals surface area contributed by atoms with Crippen LogP contribution in [0.25, 0.3) is 0 Å². The molecule has 0 aromatic rings. The van der Waals surface area contributed by atoms with Gasteiger partial charge in [-0.1, -0.05) is 18.7 Å². The highest BCUT2D eigenvalue weighted by atomic mass is 16.3. The first-order chi connectivity index (χ1) is 6.52. The molecule has 0 fully saturated rings. The van der Waals surface area contributed by atoms with Crippen molar-refractivity contribution in [1.82, 2.24) is 4.90 Å². The van der Waals surface area contributed by atoms with Gasteiger partial charge in [-0.2, -0.15) is 0 Å². The van der Waals surface area contributed by atoms with Gasteiger partial charge < -0.3 is 5.11 Å². The standard InChI is InChI=1S/C12H21NO/c1-6-8-13(10(3)4)9-12(7-2)11(5)14/h6-7,10,14H,1-2,8-9H2,3-5H3/b12-11-. The van der Waals surface area contributed by atoms with Gasteiger partial charge in [-0.15, -0.1) is 6.58 Å². The fourth-order valence-corrected chi connectivity index (χ4v) is 1.17. The molecule has 0 amide bonds. The van der Waals surface area contributed by atoms with Gasteiger partial charge in [0.05, 0.1) is 5.76 Å². The van der Waals surface area contributed by atoms with Crippen molar-refractivity contribution in [3.8, 4) is 0 Å². The van der Waals surface area contributed by atoms with E-state index in [9.17, 15) is 5.11 Å². The summed E-state index contributed by atoms with van der Waals surface area (Å²) in [6.45, 7) is 14.9. The Kier molecular flexibility index (Phi) is 5.97. The van der Waals surface area contributed by atoms with Crippen LogP contribution in [0.2, 0.25) is 0 Å². The van der Waals surface area contributed by atoms with Crippen molar-refractivity contribution in [3.63, 3.8) is 0 Å². The van der Waals surface area contributed by atoms with E-state index in [1.54, 1.807) is 13.0 Å². The molecule has 0 atom stereocenters. The van der Waals surface area contributed by atoms with Gasteiger partial charge in [0.25, 0.3) is 0 Å². The van der Waals surface area contributed by atoms with Crippen LogP contribution in [0, 0.1) is 0 Å². The molecule has 0 saturated carbocycles. The lowest BCUT2D eigenvalue weighted by atomic mass is 10.2. The maximum Gasteiger partial charge on any atom is 0.0936 e. The van der Waals surface area contributed by atoms with Crippen LogP contribution in [-0.4, -0.2) is 29.1 Å². The zero-order valence-electron chi connectivity index (χ0n) is 9.45. The number of rotatable bonds is 6. The smallest absolute Gasteiger partial charge is 0.0936 e. The maximum absolute atomic E-state index is 9.37. The van der Waals surface area contributed by atoms with E-state index in [-0.39, 0.29) is 0 Å². The number of aliphatic hydroxyl groups is 1. The monoisotopic (exact) mass is 195 g/mol. The highest BCUT2D eigenvalue weighted by Gasteiger charge is 2.09. The SMILES string of the molecule is C=CCN(C/C(C=C)=C(/C)O)C(C)C. The lowest BCUT2D eigenvalue weighted by Gasteiger charge is -2.25. The van der Waals surface area contributed by atoms with Crippen molar-refractivity contribution < 1.29 is 5.11 Å².